The van der Waals surface area contributed by atoms with Crippen LogP contribution in [0.25, 0.3) is 0 Å². The van der Waals surface area contributed by atoms with Crippen LogP contribution in [0.15, 0.2) is 18.2 Å². The molecule has 2 unspecified atom stereocenters. The molecular formula is C16H21Cl2N. The van der Waals surface area contributed by atoms with Crippen molar-refractivity contribution in [3.8, 4) is 0 Å². The van der Waals surface area contributed by atoms with E-state index in [4.69, 9.17) is 23.2 Å². The SMILES string of the molecule is CNCC1C2CCC(CC2)C1c1ccc(Cl)cc1Cl. The van der Waals surface area contributed by atoms with Crippen LogP contribution in [-0.2, 0) is 0 Å². The maximum atomic E-state index is 6.46. The quantitative estimate of drug-likeness (QED) is 0.850. The minimum Gasteiger partial charge on any atom is -0.319 e. The number of hydrogen-bond donors (Lipinski definition) is 1. The molecule has 1 aromatic carbocycles. The van der Waals surface area contributed by atoms with Gasteiger partial charge in [0.2, 0.25) is 0 Å². The van der Waals surface area contributed by atoms with Gasteiger partial charge >= 0.3 is 0 Å². The predicted molar refractivity (Wildman–Crippen MR) is 82.1 cm³/mol. The predicted octanol–water partition coefficient (Wildman–Crippen LogP) is 4.73. The van der Waals surface area contributed by atoms with Gasteiger partial charge in [0.25, 0.3) is 0 Å². The molecule has 1 nitrogen and oxygen atoms in total. The van der Waals surface area contributed by atoms with E-state index < -0.39 is 0 Å². The molecule has 1 aromatic rings. The van der Waals surface area contributed by atoms with Crippen LogP contribution in [0.5, 0.6) is 0 Å². The molecule has 0 aliphatic heterocycles. The second-order valence-electron chi connectivity index (χ2n) is 6.09. The summed E-state index contributed by atoms with van der Waals surface area (Å²) in [5.74, 6) is 3.03. The molecule has 0 radical (unpaired) electrons. The van der Waals surface area contributed by atoms with Gasteiger partial charge in [-0.05, 0) is 80.6 Å². The van der Waals surface area contributed by atoms with E-state index in [0.29, 0.717) is 5.92 Å². The molecule has 0 aromatic heterocycles. The van der Waals surface area contributed by atoms with Crippen LogP contribution in [0.4, 0.5) is 0 Å². The number of nitrogens with one attached hydrogen (secondary N) is 1. The molecule has 104 valence electrons. The largest absolute Gasteiger partial charge is 0.319 e. The second-order valence-corrected chi connectivity index (χ2v) is 6.93. The highest BCUT2D eigenvalue weighted by atomic mass is 35.5. The number of hydrogen-bond acceptors (Lipinski definition) is 1. The maximum Gasteiger partial charge on any atom is 0.0455 e. The van der Waals surface area contributed by atoms with Crippen molar-refractivity contribution in [3.05, 3.63) is 33.8 Å². The standard InChI is InChI=1S/C16H21Cl2N/c1-19-9-14-10-2-4-11(5-3-10)16(14)13-7-6-12(17)8-15(13)18/h6-8,10-11,14,16,19H,2-5,9H2,1H3. The van der Waals surface area contributed by atoms with Gasteiger partial charge in [-0.25, -0.2) is 0 Å². The molecule has 3 aliphatic rings. The van der Waals surface area contributed by atoms with Gasteiger partial charge in [-0.2, -0.15) is 0 Å². The molecule has 3 fully saturated rings. The Labute approximate surface area is 125 Å². The van der Waals surface area contributed by atoms with Gasteiger partial charge in [0.15, 0.2) is 0 Å². The summed E-state index contributed by atoms with van der Waals surface area (Å²) in [6, 6.07) is 6.04. The van der Waals surface area contributed by atoms with Crippen LogP contribution in [0.3, 0.4) is 0 Å². The summed E-state index contributed by atoms with van der Waals surface area (Å²) in [6.45, 7) is 1.10. The Morgan fingerprint density at radius 1 is 1.11 bits per heavy atom. The van der Waals surface area contributed by atoms with E-state index in [0.717, 1.165) is 34.3 Å². The van der Waals surface area contributed by atoms with Crippen molar-refractivity contribution >= 4 is 23.2 Å². The molecule has 0 saturated heterocycles. The van der Waals surface area contributed by atoms with Gasteiger partial charge in [0.05, 0.1) is 0 Å². The lowest BCUT2D eigenvalue weighted by Gasteiger charge is -2.49. The molecule has 2 atom stereocenters. The van der Waals surface area contributed by atoms with Crippen molar-refractivity contribution in [2.45, 2.75) is 31.6 Å². The smallest absolute Gasteiger partial charge is 0.0455 e. The summed E-state index contributed by atoms with van der Waals surface area (Å²) in [5.41, 5.74) is 1.32. The highest BCUT2D eigenvalue weighted by Crippen LogP contribution is 2.54. The van der Waals surface area contributed by atoms with E-state index in [1.54, 1.807) is 0 Å². The average Bonchev–Trinajstić information content (AvgIpc) is 2.41. The van der Waals surface area contributed by atoms with E-state index in [2.05, 4.69) is 18.4 Å². The molecule has 0 amide bonds. The number of rotatable bonds is 3. The van der Waals surface area contributed by atoms with Crippen LogP contribution in [0.2, 0.25) is 10.0 Å². The van der Waals surface area contributed by atoms with Crippen molar-refractivity contribution in [1.29, 1.82) is 0 Å². The number of benzene rings is 1. The van der Waals surface area contributed by atoms with Gasteiger partial charge in [-0.1, -0.05) is 29.3 Å². The Hall–Kier alpha value is -0.240. The Morgan fingerprint density at radius 3 is 2.42 bits per heavy atom. The van der Waals surface area contributed by atoms with Gasteiger partial charge in [0.1, 0.15) is 0 Å². The van der Waals surface area contributed by atoms with E-state index in [-0.39, 0.29) is 0 Å². The average molecular weight is 298 g/mol. The maximum absolute atomic E-state index is 6.46. The Bertz CT molecular complexity index is 452. The Morgan fingerprint density at radius 2 is 1.79 bits per heavy atom. The highest BCUT2D eigenvalue weighted by molar-refractivity contribution is 6.35. The summed E-state index contributed by atoms with van der Waals surface area (Å²) in [7, 11) is 2.06. The van der Waals surface area contributed by atoms with Crippen LogP contribution >= 0.6 is 23.2 Å². The van der Waals surface area contributed by atoms with Crippen molar-refractivity contribution in [3.63, 3.8) is 0 Å². The first kappa shape index (κ1) is 13.7. The van der Waals surface area contributed by atoms with Gasteiger partial charge in [-0.15, -0.1) is 0 Å². The summed E-state index contributed by atoms with van der Waals surface area (Å²) >= 11 is 12.5. The first-order valence-electron chi connectivity index (χ1n) is 7.30. The summed E-state index contributed by atoms with van der Waals surface area (Å²) in [6.07, 6.45) is 5.54. The highest BCUT2D eigenvalue weighted by Gasteiger charge is 2.44. The lowest BCUT2D eigenvalue weighted by molar-refractivity contribution is 0.0688. The Balaban J connectivity index is 1.95. The molecule has 0 heterocycles. The minimum absolute atomic E-state index is 0.615. The van der Waals surface area contributed by atoms with Crippen molar-refractivity contribution < 1.29 is 0 Å². The fraction of sp³-hybridized carbons (Fsp3) is 0.625. The van der Waals surface area contributed by atoms with E-state index in [9.17, 15) is 0 Å². The summed E-state index contributed by atoms with van der Waals surface area (Å²) in [4.78, 5) is 0. The molecule has 3 aliphatic carbocycles. The molecule has 0 spiro atoms. The molecular weight excluding hydrogens is 277 g/mol. The van der Waals surface area contributed by atoms with Crippen molar-refractivity contribution in [2.24, 2.45) is 17.8 Å². The van der Waals surface area contributed by atoms with Crippen LogP contribution in [0.1, 0.15) is 37.2 Å². The first-order valence-corrected chi connectivity index (χ1v) is 8.06. The zero-order valence-corrected chi connectivity index (χ0v) is 12.8. The zero-order chi connectivity index (χ0) is 13.4. The normalized spacial score (nSPS) is 33.6. The summed E-state index contributed by atoms with van der Waals surface area (Å²) < 4.78 is 0. The lowest BCUT2D eigenvalue weighted by atomic mass is 9.57. The molecule has 3 heteroatoms. The van der Waals surface area contributed by atoms with Crippen LogP contribution in [-0.4, -0.2) is 13.6 Å². The molecule has 19 heavy (non-hydrogen) atoms. The van der Waals surface area contributed by atoms with Gasteiger partial charge in [-0.3, -0.25) is 0 Å². The third-order valence-corrected chi connectivity index (χ3v) is 5.71. The van der Waals surface area contributed by atoms with Crippen LogP contribution in [0, 0.1) is 17.8 Å². The number of fused-ring (bicyclic) bond motifs is 3. The zero-order valence-electron chi connectivity index (χ0n) is 11.3. The molecule has 3 saturated carbocycles. The van der Waals surface area contributed by atoms with Crippen molar-refractivity contribution in [2.75, 3.05) is 13.6 Å². The molecule has 2 bridgehead atoms. The van der Waals surface area contributed by atoms with E-state index in [1.807, 2.05) is 12.1 Å². The monoisotopic (exact) mass is 297 g/mol. The lowest BCUT2D eigenvalue weighted by Crippen LogP contribution is -2.42. The topological polar surface area (TPSA) is 12.0 Å². The summed E-state index contributed by atoms with van der Waals surface area (Å²) in [5, 5.41) is 4.97. The van der Waals surface area contributed by atoms with Gasteiger partial charge < -0.3 is 5.32 Å². The van der Waals surface area contributed by atoms with E-state index in [1.165, 1.54) is 31.2 Å². The fourth-order valence-electron chi connectivity index (χ4n) is 4.36. The Kier molecular flexibility index (Phi) is 4.07. The van der Waals surface area contributed by atoms with Crippen molar-refractivity contribution in [1.82, 2.24) is 5.32 Å². The minimum atomic E-state index is 0.615. The number of halogens is 2. The van der Waals surface area contributed by atoms with E-state index >= 15 is 0 Å². The molecule has 4 rings (SSSR count). The fourth-order valence-corrected chi connectivity index (χ4v) is 4.90. The first-order chi connectivity index (χ1) is 9.20. The van der Waals surface area contributed by atoms with Crippen LogP contribution < -0.4 is 5.32 Å². The second kappa shape index (κ2) is 5.63. The third kappa shape index (κ3) is 2.53. The third-order valence-electron chi connectivity index (χ3n) is 5.15. The van der Waals surface area contributed by atoms with Gasteiger partial charge in [0, 0.05) is 10.0 Å². The molecule has 1 N–H and O–H groups in total.